The van der Waals surface area contributed by atoms with Crippen LogP contribution < -0.4 is 10.5 Å². The van der Waals surface area contributed by atoms with Gasteiger partial charge >= 0.3 is 0 Å². The number of benzene rings is 2. The van der Waals surface area contributed by atoms with Crippen LogP contribution in [-0.4, -0.2) is 12.9 Å². The lowest BCUT2D eigenvalue weighted by atomic mass is 9.95. The molecule has 3 nitrogen and oxygen atoms in total. The minimum atomic E-state index is -0.168. The number of rotatable bonds is 4. The van der Waals surface area contributed by atoms with Gasteiger partial charge in [0.1, 0.15) is 5.75 Å². The molecule has 0 aliphatic heterocycles. The summed E-state index contributed by atoms with van der Waals surface area (Å²) in [6, 6.07) is 14.4. The topological polar surface area (TPSA) is 52.3 Å². The zero-order chi connectivity index (χ0) is 13.8. The molecule has 0 saturated carbocycles. The van der Waals surface area contributed by atoms with Crippen LogP contribution in [0, 0.1) is 0 Å². The molecule has 0 aliphatic rings. The van der Waals surface area contributed by atoms with Gasteiger partial charge in [0, 0.05) is 17.2 Å². The van der Waals surface area contributed by atoms with E-state index in [9.17, 15) is 4.79 Å². The Morgan fingerprint density at radius 2 is 1.74 bits per heavy atom. The molecule has 0 aromatic heterocycles. The van der Waals surface area contributed by atoms with E-state index in [2.05, 4.69) is 0 Å². The molecule has 0 amide bonds. The molecule has 0 aliphatic carbocycles. The summed E-state index contributed by atoms with van der Waals surface area (Å²) in [5, 5.41) is 0. The lowest BCUT2D eigenvalue weighted by molar-refractivity contribution is 0.103. The fourth-order valence-corrected chi connectivity index (χ4v) is 2.00. The molecule has 0 radical (unpaired) electrons. The van der Waals surface area contributed by atoms with Crippen molar-refractivity contribution in [3.05, 3.63) is 65.2 Å². The van der Waals surface area contributed by atoms with Crippen molar-refractivity contribution < 1.29 is 9.53 Å². The van der Waals surface area contributed by atoms with Crippen molar-refractivity contribution in [2.24, 2.45) is 5.73 Å². The molecule has 1 atom stereocenters. The third-order valence-corrected chi connectivity index (χ3v) is 3.05. The third kappa shape index (κ3) is 2.83. The second-order valence-corrected chi connectivity index (χ2v) is 4.43. The average Bonchev–Trinajstić information content (AvgIpc) is 2.46. The first-order valence-electron chi connectivity index (χ1n) is 6.16. The zero-order valence-corrected chi connectivity index (χ0v) is 11.1. The van der Waals surface area contributed by atoms with E-state index in [1.807, 2.05) is 31.2 Å². The third-order valence-electron chi connectivity index (χ3n) is 3.05. The number of carbonyl (C=O) groups is 1. The summed E-state index contributed by atoms with van der Waals surface area (Å²) in [7, 11) is 1.60. The van der Waals surface area contributed by atoms with Gasteiger partial charge in [0.15, 0.2) is 5.78 Å². The van der Waals surface area contributed by atoms with Gasteiger partial charge in [-0.2, -0.15) is 0 Å². The maximum absolute atomic E-state index is 12.5. The number of hydrogen-bond donors (Lipinski definition) is 1. The van der Waals surface area contributed by atoms with Crippen LogP contribution in [-0.2, 0) is 0 Å². The molecule has 19 heavy (non-hydrogen) atoms. The molecule has 2 rings (SSSR count). The van der Waals surface area contributed by atoms with Crippen LogP contribution in [0.4, 0.5) is 0 Å². The Bertz CT molecular complexity index is 574. The average molecular weight is 255 g/mol. The number of methoxy groups -OCH3 is 1. The molecule has 0 saturated heterocycles. The van der Waals surface area contributed by atoms with Gasteiger partial charge in [0.25, 0.3) is 0 Å². The van der Waals surface area contributed by atoms with Crippen LogP contribution >= 0.6 is 0 Å². The van der Waals surface area contributed by atoms with Crippen molar-refractivity contribution >= 4 is 5.78 Å². The number of hydrogen-bond acceptors (Lipinski definition) is 3. The van der Waals surface area contributed by atoms with E-state index >= 15 is 0 Å². The predicted molar refractivity (Wildman–Crippen MR) is 75.5 cm³/mol. The monoisotopic (exact) mass is 255 g/mol. The van der Waals surface area contributed by atoms with Gasteiger partial charge in [-0.3, -0.25) is 4.79 Å². The quantitative estimate of drug-likeness (QED) is 0.854. The molecule has 0 unspecified atom stereocenters. The van der Waals surface area contributed by atoms with Crippen molar-refractivity contribution in [2.45, 2.75) is 13.0 Å². The fourth-order valence-electron chi connectivity index (χ4n) is 2.00. The minimum absolute atomic E-state index is 0.0180. The van der Waals surface area contributed by atoms with Crippen LogP contribution in [0.15, 0.2) is 48.5 Å². The summed E-state index contributed by atoms with van der Waals surface area (Å²) >= 11 is 0. The van der Waals surface area contributed by atoms with E-state index < -0.39 is 0 Å². The molecular weight excluding hydrogens is 238 g/mol. The molecule has 0 heterocycles. The zero-order valence-electron chi connectivity index (χ0n) is 11.1. The largest absolute Gasteiger partial charge is 0.497 e. The smallest absolute Gasteiger partial charge is 0.193 e. The van der Waals surface area contributed by atoms with Crippen molar-refractivity contribution in [2.75, 3.05) is 7.11 Å². The Morgan fingerprint density at radius 3 is 2.32 bits per heavy atom. The van der Waals surface area contributed by atoms with Gasteiger partial charge < -0.3 is 10.5 Å². The van der Waals surface area contributed by atoms with Crippen molar-refractivity contribution in [1.82, 2.24) is 0 Å². The molecule has 0 spiro atoms. The van der Waals surface area contributed by atoms with E-state index in [4.69, 9.17) is 10.5 Å². The number of carbonyl (C=O) groups excluding carboxylic acids is 1. The van der Waals surface area contributed by atoms with E-state index in [0.717, 1.165) is 11.3 Å². The minimum Gasteiger partial charge on any atom is -0.497 e. The molecule has 0 fully saturated rings. The summed E-state index contributed by atoms with van der Waals surface area (Å²) in [6.07, 6.45) is 0. The lowest BCUT2D eigenvalue weighted by Gasteiger charge is -2.11. The summed E-state index contributed by atoms with van der Waals surface area (Å²) in [6.45, 7) is 1.88. The first-order chi connectivity index (χ1) is 9.13. The SMILES string of the molecule is COc1ccc(C(=O)c2ccccc2[C@H](C)N)cc1. The lowest BCUT2D eigenvalue weighted by Crippen LogP contribution is -2.12. The molecule has 2 N–H and O–H groups in total. The first kappa shape index (κ1) is 13.3. The van der Waals surface area contributed by atoms with Crippen molar-refractivity contribution in [3.63, 3.8) is 0 Å². The molecule has 0 bridgehead atoms. The summed E-state index contributed by atoms with van der Waals surface area (Å²) in [4.78, 5) is 12.5. The number of ether oxygens (including phenoxy) is 1. The summed E-state index contributed by atoms with van der Waals surface area (Å²) < 4.78 is 5.09. The van der Waals surface area contributed by atoms with E-state index in [-0.39, 0.29) is 11.8 Å². The van der Waals surface area contributed by atoms with Crippen LogP contribution in [0.5, 0.6) is 5.75 Å². The van der Waals surface area contributed by atoms with Crippen LogP contribution in [0.1, 0.15) is 34.5 Å². The normalized spacial score (nSPS) is 11.9. The highest BCUT2D eigenvalue weighted by Crippen LogP contribution is 2.20. The van der Waals surface area contributed by atoms with Gasteiger partial charge in [-0.15, -0.1) is 0 Å². The van der Waals surface area contributed by atoms with Gasteiger partial charge in [-0.1, -0.05) is 24.3 Å². The van der Waals surface area contributed by atoms with Crippen LogP contribution in [0.25, 0.3) is 0 Å². The standard InChI is InChI=1S/C16H17NO2/c1-11(17)14-5-3-4-6-15(14)16(18)12-7-9-13(19-2)10-8-12/h3-11H,17H2,1-2H3/t11-/m0/s1. The van der Waals surface area contributed by atoms with E-state index in [0.29, 0.717) is 11.1 Å². The maximum atomic E-state index is 12.5. The second kappa shape index (κ2) is 5.67. The number of nitrogens with two attached hydrogens (primary N) is 1. The maximum Gasteiger partial charge on any atom is 0.193 e. The van der Waals surface area contributed by atoms with E-state index in [1.54, 1.807) is 31.4 Å². The molecule has 98 valence electrons. The van der Waals surface area contributed by atoms with Gasteiger partial charge in [0.05, 0.1) is 7.11 Å². The molecular formula is C16H17NO2. The number of ketones is 1. The highest BCUT2D eigenvalue weighted by atomic mass is 16.5. The Hall–Kier alpha value is -2.13. The van der Waals surface area contributed by atoms with E-state index in [1.165, 1.54) is 0 Å². The molecule has 3 heteroatoms. The highest BCUT2D eigenvalue weighted by Gasteiger charge is 2.15. The second-order valence-electron chi connectivity index (χ2n) is 4.43. The van der Waals surface area contributed by atoms with Crippen LogP contribution in [0.3, 0.4) is 0 Å². The molecule has 2 aromatic rings. The Morgan fingerprint density at radius 1 is 1.11 bits per heavy atom. The predicted octanol–water partition coefficient (Wildman–Crippen LogP) is 2.95. The summed E-state index contributed by atoms with van der Waals surface area (Å²) in [5.41, 5.74) is 8.06. The molecule has 2 aromatic carbocycles. The van der Waals surface area contributed by atoms with Crippen LogP contribution in [0.2, 0.25) is 0 Å². The summed E-state index contributed by atoms with van der Waals surface area (Å²) in [5.74, 6) is 0.715. The Kier molecular flexibility index (Phi) is 3.97. The fraction of sp³-hybridized carbons (Fsp3) is 0.188. The van der Waals surface area contributed by atoms with Crippen molar-refractivity contribution in [3.8, 4) is 5.75 Å². The Labute approximate surface area is 113 Å². The first-order valence-corrected chi connectivity index (χ1v) is 6.16. The van der Waals surface area contributed by atoms with Crippen molar-refractivity contribution in [1.29, 1.82) is 0 Å². The highest BCUT2D eigenvalue weighted by molar-refractivity contribution is 6.10. The van der Waals surface area contributed by atoms with Gasteiger partial charge in [-0.25, -0.2) is 0 Å². The van der Waals surface area contributed by atoms with Gasteiger partial charge in [0.2, 0.25) is 0 Å². The van der Waals surface area contributed by atoms with Gasteiger partial charge in [-0.05, 0) is 36.8 Å². The Balaban J connectivity index is 2.38.